The quantitative estimate of drug-likeness (QED) is 0.498. The van der Waals surface area contributed by atoms with Crippen LogP contribution in [0.3, 0.4) is 0 Å². The summed E-state index contributed by atoms with van der Waals surface area (Å²) in [7, 11) is 0. The number of rotatable bonds is 5. The number of benzene rings is 1. The average Bonchev–Trinajstić information content (AvgIpc) is 2.93. The molecule has 1 aromatic rings. The van der Waals surface area contributed by atoms with Crippen molar-refractivity contribution in [3.8, 4) is 0 Å². The van der Waals surface area contributed by atoms with Crippen molar-refractivity contribution in [2.24, 2.45) is 5.84 Å². The number of hydrogen-bond acceptors (Lipinski definition) is 3. The number of halogens is 4. The van der Waals surface area contributed by atoms with Crippen molar-refractivity contribution >= 4 is 0 Å². The van der Waals surface area contributed by atoms with E-state index in [0.717, 1.165) is 31.0 Å². The molecule has 0 radical (unpaired) electrons. The van der Waals surface area contributed by atoms with Crippen LogP contribution in [0.4, 0.5) is 17.6 Å². The summed E-state index contributed by atoms with van der Waals surface area (Å²) in [5.41, 5.74) is 1.46. The Balaban J connectivity index is 2.12. The first kappa shape index (κ1) is 16.2. The van der Waals surface area contributed by atoms with E-state index in [1.54, 1.807) is 0 Å². The summed E-state index contributed by atoms with van der Waals surface area (Å²) in [5.74, 6) is 4.68. The average molecular weight is 306 g/mol. The third-order valence-corrected chi connectivity index (χ3v) is 3.70. The van der Waals surface area contributed by atoms with Crippen LogP contribution >= 0.6 is 0 Å². The standard InChI is InChI=1S/C14H18F4N2O/c15-12-5-3-9(14(16,17)18)8-11(12)13(20-19)6-4-10-2-1-7-21-10/h3,5,8,10,13,20H,1-2,4,6-7,19H2. The first-order valence-electron chi connectivity index (χ1n) is 6.86. The molecule has 3 nitrogen and oxygen atoms in total. The molecule has 7 heteroatoms. The lowest BCUT2D eigenvalue weighted by molar-refractivity contribution is -0.137. The van der Waals surface area contributed by atoms with Crippen LogP contribution in [0.1, 0.15) is 42.9 Å². The molecule has 0 spiro atoms. The van der Waals surface area contributed by atoms with E-state index < -0.39 is 23.6 Å². The van der Waals surface area contributed by atoms with Gasteiger partial charge in [0.25, 0.3) is 0 Å². The van der Waals surface area contributed by atoms with Crippen LogP contribution < -0.4 is 11.3 Å². The normalized spacial score (nSPS) is 20.7. The minimum absolute atomic E-state index is 0.0645. The van der Waals surface area contributed by atoms with Crippen LogP contribution in [-0.2, 0) is 10.9 Å². The van der Waals surface area contributed by atoms with Crippen molar-refractivity contribution in [3.63, 3.8) is 0 Å². The maximum Gasteiger partial charge on any atom is 0.416 e. The molecule has 1 fully saturated rings. The monoisotopic (exact) mass is 306 g/mol. The Hall–Kier alpha value is -1.18. The molecule has 0 aliphatic carbocycles. The molecule has 1 heterocycles. The zero-order valence-corrected chi connectivity index (χ0v) is 11.4. The van der Waals surface area contributed by atoms with Gasteiger partial charge in [0.15, 0.2) is 0 Å². The van der Waals surface area contributed by atoms with Gasteiger partial charge in [0.2, 0.25) is 0 Å². The predicted molar refractivity (Wildman–Crippen MR) is 69.7 cm³/mol. The predicted octanol–water partition coefficient (Wildman–Crippen LogP) is 3.31. The van der Waals surface area contributed by atoms with Gasteiger partial charge in [0, 0.05) is 18.2 Å². The molecular formula is C14H18F4N2O. The van der Waals surface area contributed by atoms with Crippen molar-refractivity contribution in [1.29, 1.82) is 0 Å². The van der Waals surface area contributed by atoms with Crippen LogP contribution in [0.5, 0.6) is 0 Å². The lowest BCUT2D eigenvalue weighted by Gasteiger charge is -2.20. The van der Waals surface area contributed by atoms with E-state index in [9.17, 15) is 17.6 Å². The smallest absolute Gasteiger partial charge is 0.378 e. The van der Waals surface area contributed by atoms with Crippen molar-refractivity contribution in [1.82, 2.24) is 5.43 Å². The van der Waals surface area contributed by atoms with Crippen molar-refractivity contribution in [3.05, 3.63) is 35.1 Å². The van der Waals surface area contributed by atoms with Gasteiger partial charge < -0.3 is 4.74 Å². The van der Waals surface area contributed by atoms with Gasteiger partial charge >= 0.3 is 6.18 Å². The van der Waals surface area contributed by atoms with Gasteiger partial charge in [-0.3, -0.25) is 11.3 Å². The van der Waals surface area contributed by atoms with E-state index in [1.807, 2.05) is 0 Å². The van der Waals surface area contributed by atoms with Gasteiger partial charge in [-0.2, -0.15) is 13.2 Å². The summed E-state index contributed by atoms with van der Waals surface area (Å²) >= 11 is 0. The maximum atomic E-state index is 13.8. The van der Waals surface area contributed by atoms with Gasteiger partial charge in [0.05, 0.1) is 11.7 Å². The molecular weight excluding hydrogens is 288 g/mol. The Morgan fingerprint density at radius 1 is 1.38 bits per heavy atom. The summed E-state index contributed by atoms with van der Waals surface area (Å²) in [5, 5.41) is 0. The molecule has 0 amide bonds. The number of nitrogens with one attached hydrogen (secondary N) is 1. The number of nitrogens with two attached hydrogens (primary N) is 1. The molecule has 1 aromatic carbocycles. The number of alkyl halides is 3. The largest absolute Gasteiger partial charge is 0.416 e. The van der Waals surface area contributed by atoms with E-state index >= 15 is 0 Å². The lowest BCUT2D eigenvalue weighted by Crippen LogP contribution is -2.30. The highest BCUT2D eigenvalue weighted by atomic mass is 19.4. The van der Waals surface area contributed by atoms with Crippen molar-refractivity contribution in [2.75, 3.05) is 6.61 Å². The molecule has 0 bridgehead atoms. The first-order chi connectivity index (χ1) is 9.91. The highest BCUT2D eigenvalue weighted by Gasteiger charge is 2.32. The van der Waals surface area contributed by atoms with Crippen molar-refractivity contribution < 1.29 is 22.3 Å². The summed E-state index contributed by atoms with van der Waals surface area (Å²) in [6.45, 7) is 0.698. The van der Waals surface area contributed by atoms with Gasteiger partial charge in [-0.1, -0.05) is 0 Å². The molecule has 2 atom stereocenters. The summed E-state index contributed by atoms with van der Waals surface area (Å²) in [6, 6.07) is 1.70. The molecule has 2 unspecified atom stereocenters. The second-order valence-electron chi connectivity index (χ2n) is 5.17. The van der Waals surface area contributed by atoms with Crippen molar-refractivity contribution in [2.45, 2.75) is 44.0 Å². The number of hydrogen-bond donors (Lipinski definition) is 2. The van der Waals surface area contributed by atoms with E-state index in [-0.39, 0.29) is 11.7 Å². The highest BCUT2D eigenvalue weighted by molar-refractivity contribution is 5.29. The summed E-state index contributed by atoms with van der Waals surface area (Å²) < 4.78 is 57.4. The Kier molecular flexibility index (Phi) is 5.18. The van der Waals surface area contributed by atoms with Gasteiger partial charge in [0.1, 0.15) is 5.82 Å². The van der Waals surface area contributed by atoms with Gasteiger partial charge in [-0.05, 0) is 43.9 Å². The number of ether oxygens (including phenoxy) is 1. The van der Waals surface area contributed by atoms with E-state index in [1.165, 1.54) is 0 Å². The molecule has 21 heavy (non-hydrogen) atoms. The van der Waals surface area contributed by atoms with Crippen LogP contribution in [-0.4, -0.2) is 12.7 Å². The molecule has 1 aliphatic rings. The highest BCUT2D eigenvalue weighted by Crippen LogP contribution is 2.33. The Bertz CT molecular complexity index is 473. The molecule has 118 valence electrons. The topological polar surface area (TPSA) is 47.3 Å². The molecule has 2 rings (SSSR count). The van der Waals surface area contributed by atoms with Crippen LogP contribution in [0.2, 0.25) is 0 Å². The second kappa shape index (κ2) is 6.72. The second-order valence-corrected chi connectivity index (χ2v) is 5.17. The van der Waals surface area contributed by atoms with Gasteiger partial charge in [-0.15, -0.1) is 0 Å². The Morgan fingerprint density at radius 3 is 2.71 bits per heavy atom. The minimum Gasteiger partial charge on any atom is -0.378 e. The molecule has 1 aliphatic heterocycles. The van der Waals surface area contributed by atoms with Gasteiger partial charge in [-0.25, -0.2) is 4.39 Å². The fourth-order valence-corrected chi connectivity index (χ4v) is 2.54. The van der Waals surface area contributed by atoms with Crippen LogP contribution in [0.25, 0.3) is 0 Å². The molecule has 0 aromatic heterocycles. The number of hydrazine groups is 1. The third-order valence-electron chi connectivity index (χ3n) is 3.70. The maximum absolute atomic E-state index is 13.8. The zero-order valence-electron chi connectivity index (χ0n) is 11.4. The van der Waals surface area contributed by atoms with Crippen LogP contribution in [0.15, 0.2) is 18.2 Å². The van der Waals surface area contributed by atoms with E-state index in [4.69, 9.17) is 10.6 Å². The minimum atomic E-state index is -4.50. The SMILES string of the molecule is NNC(CCC1CCCO1)c1cc(C(F)(F)F)ccc1F. The Labute approximate surface area is 120 Å². The summed E-state index contributed by atoms with van der Waals surface area (Å²) in [6.07, 6.45) is -1.49. The first-order valence-corrected chi connectivity index (χ1v) is 6.86. The Morgan fingerprint density at radius 2 is 2.14 bits per heavy atom. The van der Waals surface area contributed by atoms with Crippen LogP contribution in [0, 0.1) is 5.82 Å². The third kappa shape index (κ3) is 4.15. The van der Waals surface area contributed by atoms with E-state index in [0.29, 0.717) is 19.4 Å². The fraction of sp³-hybridized carbons (Fsp3) is 0.571. The summed E-state index contributed by atoms with van der Waals surface area (Å²) in [4.78, 5) is 0. The lowest BCUT2D eigenvalue weighted by atomic mass is 9.97. The zero-order chi connectivity index (χ0) is 15.5. The molecule has 1 saturated heterocycles. The fourth-order valence-electron chi connectivity index (χ4n) is 2.54. The van der Waals surface area contributed by atoms with E-state index in [2.05, 4.69) is 5.43 Å². The molecule has 3 N–H and O–H groups in total. The molecule has 0 saturated carbocycles.